The number of amides is 1. The minimum absolute atomic E-state index is 0.215. The normalized spacial score (nSPS) is 15.5. The van der Waals surface area contributed by atoms with Crippen LogP contribution >= 0.6 is 0 Å². The Morgan fingerprint density at radius 2 is 2.07 bits per heavy atom. The van der Waals surface area contributed by atoms with Gasteiger partial charge in [-0.15, -0.1) is 5.10 Å². The van der Waals surface area contributed by atoms with Gasteiger partial charge in [0.05, 0.1) is 25.5 Å². The van der Waals surface area contributed by atoms with E-state index in [1.54, 1.807) is 13.3 Å². The monoisotopic (exact) mass is 387 g/mol. The third kappa shape index (κ3) is 5.30. The van der Waals surface area contributed by atoms with Crippen LogP contribution in [0.5, 0.6) is 5.75 Å². The third-order valence-corrected chi connectivity index (χ3v) is 4.93. The van der Waals surface area contributed by atoms with Gasteiger partial charge in [-0.3, -0.25) is 9.69 Å². The van der Waals surface area contributed by atoms with Crippen molar-refractivity contribution in [2.45, 2.75) is 32.4 Å². The maximum atomic E-state index is 12.1. The van der Waals surface area contributed by atoms with E-state index in [-0.39, 0.29) is 11.9 Å². The summed E-state index contributed by atoms with van der Waals surface area (Å²) < 4.78 is 12.5. The predicted molar refractivity (Wildman–Crippen MR) is 105 cm³/mol. The first kappa shape index (κ1) is 20.3. The Labute approximate surface area is 165 Å². The Kier molecular flexibility index (Phi) is 7.39. The molecule has 0 unspecified atom stereocenters. The Morgan fingerprint density at radius 1 is 1.29 bits per heavy atom. The topological polar surface area (TPSA) is 81.5 Å². The fraction of sp³-hybridized carbons (Fsp3) is 0.550. The van der Waals surface area contributed by atoms with Crippen molar-refractivity contribution in [2.24, 2.45) is 0 Å². The number of benzene rings is 1. The summed E-state index contributed by atoms with van der Waals surface area (Å²) in [5, 5.41) is 11.0. The van der Waals surface area contributed by atoms with Gasteiger partial charge in [0.15, 0.2) is 5.69 Å². The molecule has 2 heterocycles. The molecule has 0 spiro atoms. The van der Waals surface area contributed by atoms with Crippen LogP contribution in [0.1, 0.15) is 41.9 Å². The van der Waals surface area contributed by atoms with Crippen LogP contribution in [0, 0.1) is 0 Å². The van der Waals surface area contributed by atoms with E-state index in [9.17, 15) is 4.79 Å². The molecule has 3 rings (SSSR count). The molecule has 28 heavy (non-hydrogen) atoms. The lowest BCUT2D eigenvalue weighted by molar-refractivity contribution is 0.0932. The van der Waals surface area contributed by atoms with Crippen LogP contribution in [0.4, 0.5) is 0 Å². The second-order valence-corrected chi connectivity index (χ2v) is 6.88. The first-order valence-corrected chi connectivity index (χ1v) is 9.83. The van der Waals surface area contributed by atoms with Crippen molar-refractivity contribution in [2.75, 3.05) is 40.0 Å². The van der Waals surface area contributed by atoms with Crippen molar-refractivity contribution in [3.05, 3.63) is 41.7 Å². The number of methoxy groups -OCH3 is 1. The molecule has 1 aliphatic rings. The van der Waals surface area contributed by atoms with Crippen LogP contribution < -0.4 is 10.1 Å². The molecule has 8 nitrogen and oxygen atoms in total. The number of piperidine rings is 1. The summed E-state index contributed by atoms with van der Waals surface area (Å²) in [7, 11) is 1.60. The molecule has 0 radical (unpaired) electrons. The molecule has 1 amide bonds. The molecule has 1 aromatic heterocycles. The number of nitrogens with one attached hydrogen (secondary N) is 1. The van der Waals surface area contributed by atoms with Crippen LogP contribution in [0.15, 0.2) is 30.5 Å². The van der Waals surface area contributed by atoms with E-state index in [0.717, 1.165) is 38.2 Å². The van der Waals surface area contributed by atoms with Gasteiger partial charge in [0.2, 0.25) is 0 Å². The number of hydrogen-bond acceptors (Lipinski definition) is 6. The van der Waals surface area contributed by atoms with Gasteiger partial charge in [-0.05, 0) is 25.8 Å². The minimum atomic E-state index is -0.215. The van der Waals surface area contributed by atoms with E-state index in [2.05, 4.69) is 32.7 Å². The van der Waals surface area contributed by atoms with Crippen molar-refractivity contribution in [3.63, 3.8) is 0 Å². The molecule has 2 aromatic rings. The third-order valence-electron chi connectivity index (χ3n) is 4.93. The molecule has 152 valence electrons. The maximum absolute atomic E-state index is 12.1. The number of likely N-dealkylation sites (tertiary alicyclic amines) is 1. The van der Waals surface area contributed by atoms with Crippen LogP contribution in [0.2, 0.25) is 0 Å². The van der Waals surface area contributed by atoms with Crippen molar-refractivity contribution >= 4 is 5.91 Å². The average molecular weight is 387 g/mol. The van der Waals surface area contributed by atoms with Crippen LogP contribution in [-0.4, -0.2) is 65.8 Å². The van der Waals surface area contributed by atoms with Gasteiger partial charge in [0.25, 0.3) is 5.91 Å². The second-order valence-electron chi connectivity index (χ2n) is 6.88. The number of nitrogens with zero attached hydrogens (tertiary/aromatic N) is 4. The van der Waals surface area contributed by atoms with E-state index >= 15 is 0 Å². The number of hydrogen-bond donors (Lipinski definition) is 1. The molecule has 1 saturated heterocycles. The highest BCUT2D eigenvalue weighted by Crippen LogP contribution is 2.25. The van der Waals surface area contributed by atoms with Crippen molar-refractivity contribution < 1.29 is 14.3 Å². The van der Waals surface area contributed by atoms with E-state index in [1.807, 2.05) is 23.7 Å². The lowest BCUT2D eigenvalue weighted by Crippen LogP contribution is -2.34. The average Bonchev–Trinajstić information content (AvgIpc) is 3.21. The standard InChI is InChI=1S/C20H29N5O3/c1-3-28-19-7-5-4-6-16(19)14-24-11-8-17(9-12-24)25-15-18(22-23-25)20(26)21-10-13-27-2/h4-7,15,17H,3,8-14H2,1-2H3,(H,21,26). The molecule has 0 aliphatic carbocycles. The molecular weight excluding hydrogens is 358 g/mol. The highest BCUT2D eigenvalue weighted by atomic mass is 16.5. The highest BCUT2D eigenvalue weighted by molar-refractivity contribution is 5.91. The summed E-state index contributed by atoms with van der Waals surface area (Å²) in [6.07, 6.45) is 3.70. The summed E-state index contributed by atoms with van der Waals surface area (Å²) in [6, 6.07) is 8.49. The quantitative estimate of drug-likeness (QED) is 0.662. The minimum Gasteiger partial charge on any atom is -0.494 e. The molecule has 0 bridgehead atoms. The van der Waals surface area contributed by atoms with Gasteiger partial charge in [-0.2, -0.15) is 0 Å². The Hall–Kier alpha value is -2.45. The lowest BCUT2D eigenvalue weighted by Gasteiger charge is -2.32. The molecule has 1 fully saturated rings. The zero-order valence-corrected chi connectivity index (χ0v) is 16.6. The molecule has 0 atom stereocenters. The summed E-state index contributed by atoms with van der Waals surface area (Å²) in [5.74, 6) is 0.751. The first-order chi connectivity index (χ1) is 13.7. The zero-order valence-electron chi connectivity index (χ0n) is 16.6. The number of ether oxygens (including phenoxy) is 2. The van der Waals surface area contributed by atoms with Gasteiger partial charge in [0.1, 0.15) is 5.75 Å². The molecule has 8 heteroatoms. The van der Waals surface area contributed by atoms with Gasteiger partial charge >= 0.3 is 0 Å². The molecule has 1 N–H and O–H groups in total. The summed E-state index contributed by atoms with van der Waals surface area (Å²) in [4.78, 5) is 14.5. The summed E-state index contributed by atoms with van der Waals surface area (Å²) in [5.41, 5.74) is 1.57. The van der Waals surface area contributed by atoms with Crippen molar-refractivity contribution in [3.8, 4) is 5.75 Å². The van der Waals surface area contributed by atoms with Gasteiger partial charge < -0.3 is 14.8 Å². The second kappa shape index (κ2) is 10.2. The van der Waals surface area contributed by atoms with E-state index in [0.29, 0.717) is 25.5 Å². The number of aromatic nitrogens is 3. The Balaban J connectivity index is 1.51. The fourth-order valence-electron chi connectivity index (χ4n) is 3.43. The van der Waals surface area contributed by atoms with Gasteiger partial charge in [-0.1, -0.05) is 23.4 Å². The van der Waals surface area contributed by atoms with Gasteiger partial charge in [-0.25, -0.2) is 4.68 Å². The number of carbonyl (C=O) groups is 1. The summed E-state index contributed by atoms with van der Waals surface area (Å²) in [6.45, 7) is 6.45. The molecule has 0 saturated carbocycles. The van der Waals surface area contributed by atoms with Gasteiger partial charge in [0, 0.05) is 38.9 Å². The molecular formula is C20H29N5O3. The highest BCUT2D eigenvalue weighted by Gasteiger charge is 2.23. The van der Waals surface area contributed by atoms with E-state index < -0.39 is 0 Å². The number of carbonyl (C=O) groups excluding carboxylic acids is 1. The Morgan fingerprint density at radius 3 is 2.82 bits per heavy atom. The molecule has 1 aromatic carbocycles. The van der Waals surface area contributed by atoms with Crippen LogP contribution in [0.3, 0.4) is 0 Å². The van der Waals surface area contributed by atoms with E-state index in [4.69, 9.17) is 9.47 Å². The maximum Gasteiger partial charge on any atom is 0.273 e. The SMILES string of the molecule is CCOc1ccccc1CN1CCC(n2cc(C(=O)NCCOC)nn2)CC1. The smallest absolute Gasteiger partial charge is 0.273 e. The summed E-state index contributed by atoms with van der Waals surface area (Å²) >= 11 is 0. The zero-order chi connectivity index (χ0) is 19.8. The fourth-order valence-corrected chi connectivity index (χ4v) is 3.43. The molecule has 1 aliphatic heterocycles. The van der Waals surface area contributed by atoms with Crippen molar-refractivity contribution in [1.29, 1.82) is 0 Å². The van der Waals surface area contributed by atoms with Crippen LogP contribution in [0.25, 0.3) is 0 Å². The lowest BCUT2D eigenvalue weighted by atomic mass is 10.0. The Bertz CT molecular complexity index is 756. The van der Waals surface area contributed by atoms with Crippen molar-refractivity contribution in [1.82, 2.24) is 25.2 Å². The predicted octanol–water partition coefficient (Wildman–Crippen LogP) is 1.89. The largest absolute Gasteiger partial charge is 0.494 e. The van der Waals surface area contributed by atoms with E-state index in [1.165, 1.54) is 5.56 Å². The number of para-hydroxylation sites is 1. The number of rotatable bonds is 9. The first-order valence-electron chi connectivity index (χ1n) is 9.83. The van der Waals surface area contributed by atoms with Crippen LogP contribution in [-0.2, 0) is 11.3 Å².